The normalized spacial score (nSPS) is 10.1. The molecule has 0 saturated carbocycles. The third kappa shape index (κ3) is 2.35. The highest BCUT2D eigenvalue weighted by atomic mass is 35.5. The zero-order valence-electron chi connectivity index (χ0n) is 8.00. The number of rotatable bonds is 2. The molecule has 4 nitrogen and oxygen atoms in total. The molecule has 0 bridgehead atoms. The van der Waals surface area contributed by atoms with E-state index in [0.29, 0.717) is 21.6 Å². The van der Waals surface area contributed by atoms with Gasteiger partial charge in [0.1, 0.15) is 0 Å². The molecule has 0 fully saturated rings. The Morgan fingerprint density at radius 2 is 1.81 bits per heavy atom. The number of nitrogens with zero attached hydrogens (tertiary/aromatic N) is 1. The van der Waals surface area contributed by atoms with Crippen molar-refractivity contribution < 1.29 is 0 Å². The lowest BCUT2D eigenvalue weighted by atomic mass is 10.3. The zero-order valence-corrected chi connectivity index (χ0v) is 9.51. The average molecular weight is 256 g/mol. The Labute approximate surface area is 101 Å². The van der Waals surface area contributed by atoms with E-state index < -0.39 is 0 Å². The molecule has 0 aliphatic rings. The lowest BCUT2D eigenvalue weighted by Crippen LogP contribution is -2.07. The van der Waals surface area contributed by atoms with Gasteiger partial charge in [0.2, 0.25) is 0 Å². The van der Waals surface area contributed by atoms with Gasteiger partial charge in [-0.25, -0.2) is 5.10 Å². The topological polar surface area (TPSA) is 57.8 Å². The first-order valence-corrected chi connectivity index (χ1v) is 5.19. The minimum atomic E-state index is -0.268. The second-order valence-electron chi connectivity index (χ2n) is 3.03. The van der Waals surface area contributed by atoms with Crippen LogP contribution < -0.4 is 10.9 Å². The maximum absolute atomic E-state index is 10.8. The fourth-order valence-electron chi connectivity index (χ4n) is 1.16. The Morgan fingerprint density at radius 1 is 1.12 bits per heavy atom. The molecule has 6 heteroatoms. The molecule has 1 heterocycles. The van der Waals surface area contributed by atoms with Crippen LogP contribution in [0.15, 0.2) is 35.1 Å². The van der Waals surface area contributed by atoms with E-state index >= 15 is 0 Å². The summed E-state index contributed by atoms with van der Waals surface area (Å²) in [5.74, 6) is 0.467. The Bertz CT molecular complexity index is 527. The van der Waals surface area contributed by atoms with E-state index in [2.05, 4.69) is 15.5 Å². The first kappa shape index (κ1) is 11.0. The maximum Gasteiger partial charge on any atom is 0.264 e. The minimum Gasteiger partial charge on any atom is -0.336 e. The fourth-order valence-corrected chi connectivity index (χ4v) is 1.65. The van der Waals surface area contributed by atoms with Gasteiger partial charge in [-0.2, -0.15) is 5.10 Å². The van der Waals surface area contributed by atoms with Crippen LogP contribution in [0.1, 0.15) is 0 Å². The van der Waals surface area contributed by atoms with Crippen molar-refractivity contribution >= 4 is 34.7 Å². The third-order valence-corrected chi connectivity index (χ3v) is 2.52. The van der Waals surface area contributed by atoms with Crippen LogP contribution in [-0.2, 0) is 0 Å². The van der Waals surface area contributed by atoms with Crippen LogP contribution in [0.5, 0.6) is 0 Å². The summed E-state index contributed by atoms with van der Waals surface area (Å²) in [4.78, 5) is 10.8. The fraction of sp³-hybridized carbons (Fsp3) is 0. The van der Waals surface area contributed by atoms with Crippen LogP contribution in [0, 0.1) is 0 Å². The second kappa shape index (κ2) is 4.55. The number of aromatic nitrogens is 2. The highest BCUT2D eigenvalue weighted by Crippen LogP contribution is 2.31. The number of hydrogen-bond donors (Lipinski definition) is 2. The molecule has 0 spiro atoms. The Balaban J connectivity index is 2.34. The molecule has 1 aromatic carbocycles. The van der Waals surface area contributed by atoms with Crippen LogP contribution in [0.3, 0.4) is 0 Å². The van der Waals surface area contributed by atoms with E-state index in [-0.39, 0.29) is 5.56 Å². The van der Waals surface area contributed by atoms with E-state index in [1.807, 2.05) is 0 Å². The summed E-state index contributed by atoms with van der Waals surface area (Å²) < 4.78 is 0. The molecule has 2 rings (SSSR count). The number of H-pyrrole nitrogens is 1. The molecule has 16 heavy (non-hydrogen) atoms. The summed E-state index contributed by atoms with van der Waals surface area (Å²) in [6.07, 6.45) is 0. The molecule has 0 saturated heterocycles. The highest BCUT2D eigenvalue weighted by Gasteiger charge is 2.05. The van der Waals surface area contributed by atoms with Gasteiger partial charge < -0.3 is 5.32 Å². The highest BCUT2D eigenvalue weighted by molar-refractivity contribution is 6.39. The molecule has 0 unspecified atom stereocenters. The Hall–Kier alpha value is -1.52. The molecule has 82 valence electrons. The number of para-hydroxylation sites is 1. The van der Waals surface area contributed by atoms with Crippen molar-refractivity contribution in [2.75, 3.05) is 5.32 Å². The number of aromatic amines is 1. The van der Waals surface area contributed by atoms with Crippen molar-refractivity contribution in [3.05, 3.63) is 50.7 Å². The van der Waals surface area contributed by atoms with Crippen molar-refractivity contribution in [1.82, 2.24) is 10.2 Å². The van der Waals surface area contributed by atoms with E-state index in [1.54, 1.807) is 24.3 Å². The molecule has 0 radical (unpaired) electrons. The average Bonchev–Trinajstić information content (AvgIpc) is 2.26. The van der Waals surface area contributed by atoms with Gasteiger partial charge in [-0.05, 0) is 18.2 Å². The minimum absolute atomic E-state index is 0.268. The van der Waals surface area contributed by atoms with Gasteiger partial charge in [0, 0.05) is 6.07 Å². The maximum atomic E-state index is 10.8. The van der Waals surface area contributed by atoms with Crippen LogP contribution in [0.25, 0.3) is 0 Å². The molecule has 0 aliphatic carbocycles. The van der Waals surface area contributed by atoms with Gasteiger partial charge in [0.25, 0.3) is 5.56 Å². The summed E-state index contributed by atoms with van der Waals surface area (Å²) in [5, 5.41) is 9.99. The number of halogens is 2. The lowest BCUT2D eigenvalue weighted by Gasteiger charge is -2.08. The van der Waals surface area contributed by atoms with Crippen LogP contribution in [-0.4, -0.2) is 10.2 Å². The lowest BCUT2D eigenvalue weighted by molar-refractivity contribution is 0.994. The predicted molar refractivity (Wildman–Crippen MR) is 64.6 cm³/mol. The zero-order chi connectivity index (χ0) is 11.5. The molecule has 0 atom stereocenters. The van der Waals surface area contributed by atoms with E-state index in [1.165, 1.54) is 6.07 Å². The van der Waals surface area contributed by atoms with E-state index in [0.717, 1.165) is 0 Å². The monoisotopic (exact) mass is 255 g/mol. The van der Waals surface area contributed by atoms with Crippen molar-refractivity contribution in [3.63, 3.8) is 0 Å². The predicted octanol–water partition coefficient (Wildman–Crippen LogP) is 2.82. The van der Waals surface area contributed by atoms with Gasteiger partial charge >= 0.3 is 0 Å². The van der Waals surface area contributed by atoms with Crippen molar-refractivity contribution in [2.24, 2.45) is 0 Å². The van der Waals surface area contributed by atoms with Crippen molar-refractivity contribution in [3.8, 4) is 0 Å². The number of benzene rings is 1. The van der Waals surface area contributed by atoms with Gasteiger partial charge in [-0.1, -0.05) is 29.3 Å². The number of anilines is 2. The Morgan fingerprint density at radius 3 is 2.38 bits per heavy atom. The van der Waals surface area contributed by atoms with Crippen LogP contribution in [0.2, 0.25) is 10.0 Å². The number of nitrogens with one attached hydrogen (secondary N) is 2. The quantitative estimate of drug-likeness (QED) is 0.868. The van der Waals surface area contributed by atoms with Crippen LogP contribution >= 0.6 is 23.2 Å². The summed E-state index contributed by atoms with van der Waals surface area (Å²) in [6, 6.07) is 8.07. The Kier molecular flexibility index (Phi) is 3.12. The first-order chi connectivity index (χ1) is 7.66. The smallest absolute Gasteiger partial charge is 0.264 e. The molecule has 1 aromatic heterocycles. The summed E-state index contributed by atoms with van der Waals surface area (Å²) in [6.45, 7) is 0. The van der Waals surface area contributed by atoms with Crippen molar-refractivity contribution in [2.45, 2.75) is 0 Å². The largest absolute Gasteiger partial charge is 0.336 e. The SMILES string of the molecule is O=c1ccc(Nc2c(Cl)cccc2Cl)n[nH]1. The molecule has 2 N–H and O–H groups in total. The van der Waals surface area contributed by atoms with Gasteiger partial charge in [-0.3, -0.25) is 4.79 Å². The third-order valence-electron chi connectivity index (χ3n) is 1.89. The molecular weight excluding hydrogens is 249 g/mol. The van der Waals surface area contributed by atoms with Gasteiger partial charge in [-0.15, -0.1) is 0 Å². The van der Waals surface area contributed by atoms with Gasteiger partial charge in [0.15, 0.2) is 5.82 Å². The van der Waals surface area contributed by atoms with E-state index in [9.17, 15) is 4.79 Å². The standard InChI is InChI=1S/C10H7Cl2N3O/c11-6-2-1-3-7(12)10(6)13-8-4-5-9(16)15-14-8/h1-5H,(H,13,14)(H,15,16). The van der Waals surface area contributed by atoms with E-state index in [4.69, 9.17) is 23.2 Å². The summed E-state index contributed by atoms with van der Waals surface area (Å²) in [7, 11) is 0. The first-order valence-electron chi connectivity index (χ1n) is 4.43. The van der Waals surface area contributed by atoms with Crippen molar-refractivity contribution in [1.29, 1.82) is 0 Å². The number of hydrogen-bond acceptors (Lipinski definition) is 3. The molecule has 0 aliphatic heterocycles. The molecule has 2 aromatic rings. The second-order valence-corrected chi connectivity index (χ2v) is 3.84. The summed E-state index contributed by atoms with van der Waals surface area (Å²) in [5.41, 5.74) is 0.293. The van der Waals surface area contributed by atoms with Crippen LogP contribution in [0.4, 0.5) is 11.5 Å². The van der Waals surface area contributed by atoms with Gasteiger partial charge in [0.05, 0.1) is 15.7 Å². The molecule has 0 amide bonds. The summed E-state index contributed by atoms with van der Waals surface area (Å²) >= 11 is 11.9. The molecular formula is C10H7Cl2N3O.